The molecule has 216 valence electrons. The second-order valence-corrected chi connectivity index (χ2v) is 13.3. The average molecular weight is 690 g/mol. The van der Waals surface area contributed by atoms with E-state index in [0.717, 1.165) is 25.5 Å². The van der Waals surface area contributed by atoms with Crippen molar-refractivity contribution in [2.75, 3.05) is 10.6 Å². The molecule has 3 amide bonds. The highest BCUT2D eigenvalue weighted by molar-refractivity contribution is 9.10. The molecular formula is C32H25BrN4O3S3. The molecule has 5 aromatic rings. The van der Waals surface area contributed by atoms with Crippen molar-refractivity contribution in [3.63, 3.8) is 0 Å². The van der Waals surface area contributed by atoms with E-state index in [0.29, 0.717) is 16.4 Å². The lowest BCUT2D eigenvalue weighted by molar-refractivity contribution is -0.115. The summed E-state index contributed by atoms with van der Waals surface area (Å²) < 4.78 is 0.844. The molecule has 0 aliphatic carbocycles. The summed E-state index contributed by atoms with van der Waals surface area (Å²) in [6.07, 6.45) is 1.62. The van der Waals surface area contributed by atoms with Crippen LogP contribution < -0.4 is 16.0 Å². The zero-order valence-corrected chi connectivity index (χ0v) is 26.8. The number of halogens is 1. The third-order valence-corrected chi connectivity index (χ3v) is 9.21. The van der Waals surface area contributed by atoms with Crippen molar-refractivity contribution in [2.45, 2.75) is 17.1 Å². The highest BCUT2D eigenvalue weighted by Crippen LogP contribution is 2.30. The molecule has 1 atom stereocenters. The van der Waals surface area contributed by atoms with E-state index in [-0.39, 0.29) is 11.6 Å². The molecule has 3 N–H and O–H groups in total. The van der Waals surface area contributed by atoms with Gasteiger partial charge >= 0.3 is 0 Å². The minimum absolute atomic E-state index is 0.0862. The van der Waals surface area contributed by atoms with Crippen LogP contribution in [0.5, 0.6) is 0 Å². The predicted molar refractivity (Wildman–Crippen MR) is 180 cm³/mol. The molecule has 0 fully saturated rings. The number of thioether (sulfide) groups is 1. The fourth-order valence-corrected chi connectivity index (χ4v) is 6.70. The number of amides is 3. The van der Waals surface area contributed by atoms with Crippen LogP contribution in [0.25, 0.3) is 16.6 Å². The minimum Gasteiger partial charge on any atom is -0.321 e. The van der Waals surface area contributed by atoms with Gasteiger partial charge in [0.15, 0.2) is 5.13 Å². The fraction of sp³-hybridized carbons (Fsp3) is 0.0625. The first-order chi connectivity index (χ1) is 20.8. The van der Waals surface area contributed by atoms with Crippen molar-refractivity contribution in [2.24, 2.45) is 0 Å². The van der Waals surface area contributed by atoms with Crippen molar-refractivity contribution in [1.82, 2.24) is 10.3 Å². The monoisotopic (exact) mass is 688 g/mol. The summed E-state index contributed by atoms with van der Waals surface area (Å²) in [4.78, 5) is 45.6. The Kier molecular flexibility index (Phi) is 10.2. The number of aromatic nitrogens is 1. The van der Waals surface area contributed by atoms with Crippen LogP contribution in [0.15, 0.2) is 117 Å². The Morgan fingerprint density at radius 3 is 2.49 bits per heavy atom. The lowest BCUT2D eigenvalue weighted by atomic mass is 10.1. The Morgan fingerprint density at radius 1 is 0.907 bits per heavy atom. The third kappa shape index (κ3) is 8.51. The Bertz CT molecular complexity index is 1770. The Hall–Kier alpha value is -4.03. The van der Waals surface area contributed by atoms with E-state index in [1.54, 1.807) is 59.9 Å². The number of nitrogens with zero attached hydrogens (tertiary/aromatic N) is 1. The molecule has 43 heavy (non-hydrogen) atoms. The number of hydrogen-bond donors (Lipinski definition) is 3. The van der Waals surface area contributed by atoms with Gasteiger partial charge in [0.1, 0.15) is 5.70 Å². The molecule has 11 heteroatoms. The van der Waals surface area contributed by atoms with Crippen LogP contribution in [-0.2, 0) is 9.59 Å². The first-order valence-corrected chi connectivity index (χ1v) is 16.5. The van der Waals surface area contributed by atoms with Gasteiger partial charge in [-0.3, -0.25) is 14.4 Å². The average Bonchev–Trinajstić information content (AvgIpc) is 3.70. The van der Waals surface area contributed by atoms with Gasteiger partial charge in [-0.25, -0.2) is 4.98 Å². The lowest BCUT2D eigenvalue weighted by Crippen LogP contribution is -2.30. The molecule has 0 aliphatic heterocycles. The van der Waals surface area contributed by atoms with Crippen molar-refractivity contribution in [3.05, 3.63) is 123 Å². The number of rotatable bonds is 10. The molecule has 0 aliphatic rings. The lowest BCUT2D eigenvalue weighted by Gasteiger charge is -2.14. The quantitative estimate of drug-likeness (QED) is 0.102. The maximum Gasteiger partial charge on any atom is 0.272 e. The molecule has 0 saturated heterocycles. The van der Waals surface area contributed by atoms with Crippen molar-refractivity contribution in [1.29, 1.82) is 0 Å². The first kappa shape index (κ1) is 30.4. The smallest absolute Gasteiger partial charge is 0.272 e. The van der Waals surface area contributed by atoms with Gasteiger partial charge in [0.2, 0.25) is 5.91 Å². The molecule has 0 bridgehead atoms. The van der Waals surface area contributed by atoms with Gasteiger partial charge in [0.05, 0.1) is 15.8 Å². The number of carbonyl (C=O) groups excluding carboxylic acids is 3. The topological polar surface area (TPSA) is 100 Å². The summed E-state index contributed by atoms with van der Waals surface area (Å²) in [5.41, 5.74) is 2.62. The molecule has 0 radical (unpaired) electrons. The first-order valence-electron chi connectivity index (χ1n) is 13.1. The van der Waals surface area contributed by atoms with Crippen LogP contribution in [0.4, 0.5) is 10.8 Å². The zero-order chi connectivity index (χ0) is 30.2. The molecule has 0 spiro atoms. The SMILES string of the molecule is CC(Sc1cccc(NC(=O)/C(=C\c2cccc(Br)c2)NC(=O)c2ccccc2)c1)C(=O)Nc1nc(-c2cccs2)cs1. The summed E-state index contributed by atoms with van der Waals surface area (Å²) in [6, 6.07) is 27.3. The summed E-state index contributed by atoms with van der Waals surface area (Å²) >= 11 is 7.79. The van der Waals surface area contributed by atoms with Gasteiger partial charge in [0.25, 0.3) is 11.8 Å². The maximum atomic E-state index is 13.4. The van der Waals surface area contributed by atoms with E-state index in [9.17, 15) is 14.4 Å². The van der Waals surface area contributed by atoms with Gasteiger partial charge in [-0.2, -0.15) is 0 Å². The molecule has 2 aromatic heterocycles. The zero-order valence-electron chi connectivity index (χ0n) is 22.7. The van der Waals surface area contributed by atoms with E-state index in [4.69, 9.17) is 0 Å². The number of hydrogen-bond acceptors (Lipinski definition) is 7. The van der Waals surface area contributed by atoms with Gasteiger partial charge in [-0.05, 0) is 72.5 Å². The number of anilines is 2. The number of thiazole rings is 1. The number of carbonyl (C=O) groups is 3. The Labute approximate surface area is 269 Å². The predicted octanol–water partition coefficient (Wildman–Crippen LogP) is 8.16. The van der Waals surface area contributed by atoms with Crippen LogP contribution in [0.2, 0.25) is 0 Å². The molecule has 1 unspecified atom stereocenters. The van der Waals surface area contributed by atoms with Crippen molar-refractivity contribution in [3.8, 4) is 10.6 Å². The summed E-state index contributed by atoms with van der Waals surface area (Å²) in [5.74, 6) is -1.05. The van der Waals surface area contributed by atoms with E-state index in [2.05, 4.69) is 36.9 Å². The highest BCUT2D eigenvalue weighted by atomic mass is 79.9. The van der Waals surface area contributed by atoms with Gasteiger partial charge in [-0.15, -0.1) is 34.4 Å². The molecule has 2 heterocycles. The summed E-state index contributed by atoms with van der Waals surface area (Å²) in [5, 5.41) is 12.6. The van der Waals surface area contributed by atoms with E-state index < -0.39 is 17.1 Å². The molecule has 5 rings (SSSR count). The second-order valence-electron chi connectivity index (χ2n) is 9.18. The molecule has 3 aromatic carbocycles. The number of nitrogens with one attached hydrogen (secondary N) is 3. The van der Waals surface area contributed by atoms with Gasteiger partial charge < -0.3 is 16.0 Å². The minimum atomic E-state index is -0.484. The second kappa shape index (κ2) is 14.4. The van der Waals surface area contributed by atoms with Gasteiger partial charge in [0, 0.05) is 26.0 Å². The normalized spacial score (nSPS) is 11.9. The standard InChI is InChI=1S/C32H25BrN4O3S3/c1-20(29(38)37-32-36-27(19-42-32)28-14-7-15-41-28)43-25-13-6-12-24(18-25)34-31(40)26(17-21-8-5-11-23(33)16-21)35-30(39)22-9-3-2-4-10-22/h2-20H,1H3,(H,34,40)(H,35,39)(H,36,37,38)/b26-17+. The molecular weight excluding hydrogens is 664 g/mol. The maximum absolute atomic E-state index is 13.4. The van der Waals surface area contributed by atoms with E-state index in [1.165, 1.54) is 23.1 Å². The van der Waals surface area contributed by atoms with Crippen LogP contribution in [0, 0.1) is 0 Å². The third-order valence-electron chi connectivity index (χ3n) is 5.97. The van der Waals surface area contributed by atoms with E-state index >= 15 is 0 Å². The number of thiophene rings is 1. The van der Waals surface area contributed by atoms with Gasteiger partial charge in [-0.1, -0.05) is 58.4 Å². The van der Waals surface area contributed by atoms with Crippen molar-refractivity contribution < 1.29 is 14.4 Å². The largest absolute Gasteiger partial charge is 0.321 e. The summed E-state index contributed by atoms with van der Waals surface area (Å²) in [7, 11) is 0. The fourth-order valence-electron chi connectivity index (χ4n) is 3.88. The van der Waals surface area contributed by atoms with Crippen LogP contribution in [0.1, 0.15) is 22.8 Å². The molecule has 0 saturated carbocycles. The Balaban J connectivity index is 1.26. The Morgan fingerprint density at radius 2 is 1.72 bits per heavy atom. The molecule has 7 nitrogen and oxygen atoms in total. The van der Waals surface area contributed by atoms with Crippen LogP contribution >= 0.6 is 50.4 Å². The van der Waals surface area contributed by atoms with Crippen LogP contribution in [0.3, 0.4) is 0 Å². The van der Waals surface area contributed by atoms with Crippen molar-refractivity contribution >= 4 is 85.0 Å². The summed E-state index contributed by atoms with van der Waals surface area (Å²) in [6.45, 7) is 1.82. The van der Waals surface area contributed by atoms with Crippen LogP contribution in [-0.4, -0.2) is 28.0 Å². The number of benzene rings is 3. The van der Waals surface area contributed by atoms with E-state index in [1.807, 2.05) is 66.2 Å². The highest BCUT2D eigenvalue weighted by Gasteiger charge is 2.18.